The third-order valence-corrected chi connectivity index (χ3v) is 2.90. The molecule has 0 aliphatic carbocycles. The highest BCUT2D eigenvalue weighted by atomic mass is 35.5. The molecule has 0 aliphatic heterocycles. The fourth-order valence-corrected chi connectivity index (χ4v) is 1.88. The molecule has 0 fully saturated rings. The first-order valence-electron chi connectivity index (χ1n) is 4.81. The Hall–Kier alpha value is -0.780. The fraction of sp³-hybridized carbons (Fsp3) is 0.400. The smallest absolute Gasteiger partial charge is 0.264 e. The molecule has 6 heteroatoms. The summed E-state index contributed by atoms with van der Waals surface area (Å²) in [4.78, 5) is 0. The zero-order valence-corrected chi connectivity index (χ0v) is 10.2. The Labute approximate surface area is 99.9 Å². The van der Waals surface area contributed by atoms with Gasteiger partial charge in [0.25, 0.3) is 10.1 Å². The van der Waals surface area contributed by atoms with E-state index in [4.69, 9.17) is 20.9 Å². The highest BCUT2D eigenvalue weighted by Gasteiger charge is 2.03. The molecule has 1 aromatic carbocycles. The summed E-state index contributed by atoms with van der Waals surface area (Å²) in [7, 11) is -3.85. The number of rotatable bonds is 6. The highest BCUT2D eigenvalue weighted by molar-refractivity contribution is 7.85. The minimum Gasteiger partial charge on any atom is -0.494 e. The van der Waals surface area contributed by atoms with Gasteiger partial charge in [0.2, 0.25) is 0 Å². The van der Waals surface area contributed by atoms with Crippen molar-refractivity contribution in [3.8, 4) is 5.75 Å². The second kappa shape index (κ2) is 6.08. The van der Waals surface area contributed by atoms with Crippen molar-refractivity contribution in [2.24, 2.45) is 0 Å². The summed E-state index contributed by atoms with van der Waals surface area (Å²) < 4.78 is 34.6. The van der Waals surface area contributed by atoms with Crippen LogP contribution in [0.3, 0.4) is 0 Å². The molecular weight excluding hydrogens is 252 g/mol. The van der Waals surface area contributed by atoms with Crippen LogP contribution in [0.5, 0.6) is 5.75 Å². The monoisotopic (exact) mass is 264 g/mol. The van der Waals surface area contributed by atoms with Crippen LogP contribution in [0.1, 0.15) is 12.8 Å². The molecule has 0 bridgehead atoms. The van der Waals surface area contributed by atoms with Crippen LogP contribution >= 0.6 is 11.6 Å². The van der Waals surface area contributed by atoms with E-state index < -0.39 is 10.1 Å². The number of ether oxygens (including phenoxy) is 1. The first kappa shape index (κ1) is 13.3. The summed E-state index contributed by atoms with van der Waals surface area (Å²) >= 11 is 5.75. The van der Waals surface area contributed by atoms with Crippen LogP contribution in [-0.2, 0) is 10.1 Å². The Bertz CT molecular complexity index is 430. The van der Waals surface area contributed by atoms with Crippen LogP contribution in [-0.4, -0.2) is 25.3 Å². The van der Waals surface area contributed by atoms with Gasteiger partial charge in [-0.3, -0.25) is 4.55 Å². The first-order chi connectivity index (χ1) is 7.47. The Balaban J connectivity index is 2.21. The lowest BCUT2D eigenvalue weighted by molar-refractivity contribution is 0.309. The van der Waals surface area contributed by atoms with Crippen molar-refractivity contribution in [3.05, 3.63) is 29.3 Å². The average Bonchev–Trinajstić information content (AvgIpc) is 2.15. The molecule has 0 aromatic heterocycles. The molecular formula is C10H13ClO4S. The van der Waals surface area contributed by atoms with Gasteiger partial charge in [0.05, 0.1) is 12.4 Å². The predicted octanol–water partition coefficient (Wildman–Crippen LogP) is 2.39. The molecule has 0 unspecified atom stereocenters. The van der Waals surface area contributed by atoms with Gasteiger partial charge in [-0.25, -0.2) is 0 Å². The van der Waals surface area contributed by atoms with E-state index >= 15 is 0 Å². The van der Waals surface area contributed by atoms with E-state index in [2.05, 4.69) is 0 Å². The summed E-state index contributed by atoms with van der Waals surface area (Å²) in [6.07, 6.45) is 0.936. The van der Waals surface area contributed by atoms with Gasteiger partial charge in [-0.1, -0.05) is 17.7 Å². The molecule has 0 heterocycles. The van der Waals surface area contributed by atoms with E-state index in [-0.39, 0.29) is 5.75 Å². The molecule has 1 aromatic rings. The summed E-state index contributed by atoms with van der Waals surface area (Å²) in [5.41, 5.74) is 0. The number of hydrogen-bond acceptors (Lipinski definition) is 3. The maximum atomic E-state index is 10.4. The van der Waals surface area contributed by atoms with E-state index in [0.29, 0.717) is 30.2 Å². The molecule has 4 nitrogen and oxygen atoms in total. The second-order valence-electron chi connectivity index (χ2n) is 3.30. The Kier molecular flexibility index (Phi) is 5.05. The van der Waals surface area contributed by atoms with Crippen LogP contribution in [0.25, 0.3) is 0 Å². The van der Waals surface area contributed by atoms with Gasteiger partial charge in [0, 0.05) is 5.02 Å². The molecule has 90 valence electrons. The third kappa shape index (κ3) is 5.95. The van der Waals surface area contributed by atoms with Gasteiger partial charge in [0.15, 0.2) is 0 Å². The van der Waals surface area contributed by atoms with Crippen LogP contribution in [0.2, 0.25) is 5.02 Å². The van der Waals surface area contributed by atoms with Crippen LogP contribution in [0.15, 0.2) is 24.3 Å². The fourth-order valence-electron chi connectivity index (χ4n) is 1.13. The molecule has 0 radical (unpaired) electrons. The Morgan fingerprint density at radius 3 is 2.69 bits per heavy atom. The van der Waals surface area contributed by atoms with Crippen molar-refractivity contribution in [3.63, 3.8) is 0 Å². The minimum atomic E-state index is -3.85. The van der Waals surface area contributed by atoms with Crippen LogP contribution in [0.4, 0.5) is 0 Å². The minimum absolute atomic E-state index is 0.230. The normalized spacial score (nSPS) is 11.4. The highest BCUT2D eigenvalue weighted by Crippen LogP contribution is 2.17. The first-order valence-corrected chi connectivity index (χ1v) is 6.79. The predicted molar refractivity (Wildman–Crippen MR) is 62.6 cm³/mol. The van der Waals surface area contributed by atoms with Gasteiger partial charge in [-0.05, 0) is 31.0 Å². The Morgan fingerprint density at radius 2 is 2.06 bits per heavy atom. The number of halogens is 1. The molecule has 16 heavy (non-hydrogen) atoms. The molecule has 0 aliphatic rings. The van der Waals surface area contributed by atoms with Crippen molar-refractivity contribution in [2.45, 2.75) is 12.8 Å². The average molecular weight is 265 g/mol. The van der Waals surface area contributed by atoms with Crippen molar-refractivity contribution in [1.82, 2.24) is 0 Å². The van der Waals surface area contributed by atoms with Gasteiger partial charge in [-0.2, -0.15) is 8.42 Å². The number of benzene rings is 1. The van der Waals surface area contributed by atoms with E-state index in [1.54, 1.807) is 24.3 Å². The van der Waals surface area contributed by atoms with E-state index in [0.717, 1.165) is 0 Å². The van der Waals surface area contributed by atoms with Crippen LogP contribution < -0.4 is 4.74 Å². The van der Waals surface area contributed by atoms with Gasteiger partial charge >= 0.3 is 0 Å². The van der Waals surface area contributed by atoms with Crippen molar-refractivity contribution >= 4 is 21.7 Å². The zero-order valence-electron chi connectivity index (χ0n) is 8.60. The standard InChI is InChI=1S/C10H13ClO4S/c11-9-4-3-5-10(8-9)15-6-1-2-7-16(12,13)14/h3-5,8H,1-2,6-7H2,(H,12,13,14). The van der Waals surface area contributed by atoms with E-state index in [1.807, 2.05) is 0 Å². The maximum Gasteiger partial charge on any atom is 0.264 e. The summed E-state index contributed by atoms with van der Waals surface area (Å²) in [6.45, 7) is 0.399. The molecule has 1 N–H and O–H groups in total. The molecule has 0 spiro atoms. The lowest BCUT2D eigenvalue weighted by Gasteiger charge is -2.05. The van der Waals surface area contributed by atoms with E-state index in [9.17, 15) is 8.42 Å². The van der Waals surface area contributed by atoms with Crippen molar-refractivity contribution in [2.75, 3.05) is 12.4 Å². The lowest BCUT2D eigenvalue weighted by Crippen LogP contribution is -2.06. The lowest BCUT2D eigenvalue weighted by atomic mass is 10.3. The summed E-state index contributed by atoms with van der Waals surface area (Å²) in [5, 5.41) is 0.593. The van der Waals surface area contributed by atoms with Gasteiger partial charge < -0.3 is 4.74 Å². The maximum absolute atomic E-state index is 10.4. The number of unbranched alkanes of at least 4 members (excludes halogenated alkanes) is 1. The topological polar surface area (TPSA) is 63.6 Å². The quantitative estimate of drug-likeness (QED) is 0.633. The number of hydrogen-bond donors (Lipinski definition) is 1. The van der Waals surface area contributed by atoms with Crippen molar-refractivity contribution < 1.29 is 17.7 Å². The second-order valence-corrected chi connectivity index (χ2v) is 5.31. The molecule has 0 atom stereocenters. The third-order valence-electron chi connectivity index (χ3n) is 1.86. The Morgan fingerprint density at radius 1 is 1.31 bits per heavy atom. The summed E-state index contributed by atoms with van der Waals surface area (Å²) in [6, 6.07) is 6.97. The van der Waals surface area contributed by atoms with Gasteiger partial charge in [0.1, 0.15) is 5.75 Å². The van der Waals surface area contributed by atoms with Crippen LogP contribution in [0, 0.1) is 0 Å². The summed E-state index contributed by atoms with van der Waals surface area (Å²) in [5.74, 6) is 0.422. The van der Waals surface area contributed by atoms with E-state index in [1.165, 1.54) is 0 Å². The van der Waals surface area contributed by atoms with Gasteiger partial charge in [-0.15, -0.1) is 0 Å². The zero-order chi connectivity index (χ0) is 12.0. The molecule has 0 amide bonds. The molecule has 0 saturated carbocycles. The molecule has 1 rings (SSSR count). The van der Waals surface area contributed by atoms with Crippen molar-refractivity contribution in [1.29, 1.82) is 0 Å². The largest absolute Gasteiger partial charge is 0.494 e. The molecule has 0 saturated heterocycles. The SMILES string of the molecule is O=S(=O)(O)CCCCOc1cccc(Cl)c1.